The molecular weight excluding hydrogens is 208 g/mol. The highest BCUT2D eigenvalue weighted by atomic mass is 16.2. The van der Waals surface area contributed by atoms with Crippen LogP contribution in [0, 0.1) is 5.92 Å². The lowest BCUT2D eigenvalue weighted by Gasteiger charge is -2.16. The average Bonchev–Trinajstić information content (AvgIpc) is 2.61. The molecule has 0 saturated carbocycles. The van der Waals surface area contributed by atoms with E-state index in [0.29, 0.717) is 11.5 Å². The minimum Gasteiger partial charge on any atom is -0.396 e. The highest BCUT2D eigenvalue weighted by molar-refractivity contribution is 6.01. The average molecular weight is 220 g/mol. The van der Waals surface area contributed by atoms with E-state index in [1.54, 1.807) is 18.3 Å². The third-order valence-corrected chi connectivity index (χ3v) is 2.60. The maximum Gasteiger partial charge on any atom is 0.229 e. The second-order valence-electron chi connectivity index (χ2n) is 3.72. The highest BCUT2D eigenvalue weighted by Gasteiger charge is 2.35. The van der Waals surface area contributed by atoms with E-state index >= 15 is 0 Å². The Balaban J connectivity index is 2.27. The van der Waals surface area contributed by atoms with Crippen molar-refractivity contribution in [2.75, 3.05) is 17.2 Å². The second-order valence-corrected chi connectivity index (χ2v) is 3.72. The molecule has 1 fully saturated rings. The molecule has 6 heteroatoms. The van der Waals surface area contributed by atoms with Crippen molar-refractivity contribution in [2.24, 2.45) is 11.7 Å². The van der Waals surface area contributed by atoms with Gasteiger partial charge >= 0.3 is 0 Å². The van der Waals surface area contributed by atoms with Crippen LogP contribution in [-0.2, 0) is 9.59 Å². The molecule has 1 aliphatic heterocycles. The van der Waals surface area contributed by atoms with Crippen molar-refractivity contribution in [3.05, 3.63) is 18.3 Å². The number of nitrogen functional groups attached to an aromatic ring is 1. The number of nitrogens with zero attached hydrogens (tertiary/aromatic N) is 2. The number of rotatable bonds is 2. The van der Waals surface area contributed by atoms with Crippen LogP contribution < -0.4 is 16.4 Å². The van der Waals surface area contributed by atoms with Gasteiger partial charge in [-0.05, 0) is 12.1 Å². The number of hydrogen-bond acceptors (Lipinski definition) is 4. The van der Waals surface area contributed by atoms with Gasteiger partial charge in [-0.15, -0.1) is 0 Å². The smallest absolute Gasteiger partial charge is 0.229 e. The predicted molar refractivity (Wildman–Crippen MR) is 58.3 cm³/mol. The molecule has 0 aromatic carbocycles. The topological polar surface area (TPSA) is 102 Å². The minimum absolute atomic E-state index is 0.130. The summed E-state index contributed by atoms with van der Waals surface area (Å²) in [4.78, 5) is 28.1. The molecule has 1 aliphatic rings. The molecule has 1 unspecified atom stereocenters. The molecule has 1 aromatic heterocycles. The van der Waals surface area contributed by atoms with Crippen molar-refractivity contribution < 1.29 is 9.59 Å². The van der Waals surface area contributed by atoms with Crippen molar-refractivity contribution >= 4 is 23.3 Å². The largest absolute Gasteiger partial charge is 0.396 e. The summed E-state index contributed by atoms with van der Waals surface area (Å²) in [5.41, 5.74) is 11.3. The van der Waals surface area contributed by atoms with Crippen LogP contribution in [-0.4, -0.2) is 23.3 Å². The molecule has 1 aromatic rings. The van der Waals surface area contributed by atoms with Crippen LogP contribution in [0.3, 0.4) is 0 Å². The fourth-order valence-corrected chi connectivity index (χ4v) is 1.74. The zero-order valence-electron chi connectivity index (χ0n) is 8.59. The van der Waals surface area contributed by atoms with Crippen LogP contribution >= 0.6 is 0 Å². The Bertz CT molecular complexity index is 446. The van der Waals surface area contributed by atoms with E-state index in [-0.39, 0.29) is 18.9 Å². The molecule has 2 amide bonds. The second kappa shape index (κ2) is 3.80. The number of aromatic nitrogens is 1. The van der Waals surface area contributed by atoms with Gasteiger partial charge in [0.1, 0.15) is 0 Å². The molecule has 1 saturated heterocycles. The van der Waals surface area contributed by atoms with Crippen molar-refractivity contribution in [1.82, 2.24) is 4.98 Å². The number of pyridine rings is 1. The number of carbonyl (C=O) groups excluding carboxylic acids is 2. The first kappa shape index (κ1) is 10.4. The van der Waals surface area contributed by atoms with E-state index in [9.17, 15) is 9.59 Å². The number of amides is 2. The number of primary amides is 1. The first-order valence-electron chi connectivity index (χ1n) is 4.89. The SMILES string of the molecule is NC(=O)C1CC(=O)N(c2ncccc2N)C1. The molecule has 84 valence electrons. The summed E-state index contributed by atoms with van der Waals surface area (Å²) in [5.74, 6) is -0.690. The van der Waals surface area contributed by atoms with Gasteiger partial charge in [0.2, 0.25) is 11.8 Å². The lowest BCUT2D eigenvalue weighted by molar-refractivity contribution is -0.123. The summed E-state index contributed by atoms with van der Waals surface area (Å²) in [6.45, 7) is 0.259. The Labute approximate surface area is 92.2 Å². The van der Waals surface area contributed by atoms with E-state index in [4.69, 9.17) is 11.5 Å². The van der Waals surface area contributed by atoms with E-state index in [2.05, 4.69) is 4.98 Å². The molecule has 0 aliphatic carbocycles. The molecule has 0 spiro atoms. The normalized spacial score (nSPS) is 20.1. The van der Waals surface area contributed by atoms with Crippen molar-refractivity contribution in [1.29, 1.82) is 0 Å². The van der Waals surface area contributed by atoms with Gasteiger partial charge in [-0.2, -0.15) is 0 Å². The first-order chi connectivity index (χ1) is 7.59. The zero-order chi connectivity index (χ0) is 11.7. The van der Waals surface area contributed by atoms with Crippen LogP contribution in [0.1, 0.15) is 6.42 Å². The summed E-state index contributed by atoms with van der Waals surface area (Å²) in [7, 11) is 0. The van der Waals surface area contributed by atoms with Gasteiger partial charge in [-0.1, -0.05) is 0 Å². The Kier molecular flexibility index (Phi) is 2.47. The van der Waals surface area contributed by atoms with Crippen molar-refractivity contribution in [3.63, 3.8) is 0 Å². The van der Waals surface area contributed by atoms with Crippen LogP contribution in [0.5, 0.6) is 0 Å². The van der Waals surface area contributed by atoms with Crippen LogP contribution in [0.15, 0.2) is 18.3 Å². The Morgan fingerprint density at radius 3 is 2.88 bits per heavy atom. The maximum atomic E-state index is 11.7. The summed E-state index contributed by atoms with van der Waals surface area (Å²) in [6.07, 6.45) is 1.68. The minimum atomic E-state index is -0.467. The standard InChI is InChI=1S/C10H12N4O2/c11-7-2-1-3-13-10(7)14-5-6(9(12)16)4-8(14)15/h1-3,6H,4-5,11H2,(H2,12,16). The van der Waals surface area contributed by atoms with Gasteiger partial charge in [-0.3, -0.25) is 14.5 Å². The van der Waals surface area contributed by atoms with E-state index in [1.807, 2.05) is 0 Å². The van der Waals surface area contributed by atoms with E-state index in [0.717, 1.165) is 0 Å². The number of carbonyl (C=O) groups is 2. The monoisotopic (exact) mass is 220 g/mol. The fourth-order valence-electron chi connectivity index (χ4n) is 1.74. The number of hydrogen-bond donors (Lipinski definition) is 2. The molecule has 2 heterocycles. The molecule has 4 N–H and O–H groups in total. The third-order valence-electron chi connectivity index (χ3n) is 2.60. The van der Waals surface area contributed by atoms with Gasteiger partial charge in [-0.25, -0.2) is 4.98 Å². The molecular formula is C10H12N4O2. The summed E-state index contributed by atoms with van der Waals surface area (Å²) >= 11 is 0. The Morgan fingerprint density at radius 1 is 1.56 bits per heavy atom. The quantitative estimate of drug-likeness (QED) is 0.701. The third kappa shape index (κ3) is 1.69. The predicted octanol–water partition coefficient (Wildman–Crippen LogP) is -0.498. The van der Waals surface area contributed by atoms with Crippen molar-refractivity contribution in [3.8, 4) is 0 Å². The molecule has 16 heavy (non-hydrogen) atoms. The number of nitrogens with two attached hydrogens (primary N) is 2. The molecule has 2 rings (SSSR count). The van der Waals surface area contributed by atoms with Gasteiger partial charge in [0, 0.05) is 19.2 Å². The van der Waals surface area contributed by atoms with Gasteiger partial charge in [0.15, 0.2) is 5.82 Å². The Morgan fingerprint density at radius 2 is 2.31 bits per heavy atom. The lowest BCUT2D eigenvalue weighted by Crippen LogP contribution is -2.29. The molecule has 6 nitrogen and oxygen atoms in total. The van der Waals surface area contributed by atoms with Crippen molar-refractivity contribution in [2.45, 2.75) is 6.42 Å². The lowest BCUT2D eigenvalue weighted by atomic mass is 10.1. The highest BCUT2D eigenvalue weighted by Crippen LogP contribution is 2.27. The van der Waals surface area contributed by atoms with E-state index in [1.165, 1.54) is 4.90 Å². The Hall–Kier alpha value is -2.11. The van der Waals surface area contributed by atoms with Crippen LogP contribution in [0.25, 0.3) is 0 Å². The van der Waals surface area contributed by atoms with Gasteiger partial charge in [0.25, 0.3) is 0 Å². The summed E-state index contributed by atoms with van der Waals surface area (Å²) < 4.78 is 0. The zero-order valence-corrected chi connectivity index (χ0v) is 8.59. The molecule has 0 radical (unpaired) electrons. The number of anilines is 2. The first-order valence-corrected chi connectivity index (χ1v) is 4.89. The molecule has 1 atom stereocenters. The van der Waals surface area contributed by atoms with Crippen LogP contribution in [0.4, 0.5) is 11.5 Å². The summed E-state index contributed by atoms with van der Waals surface area (Å²) in [6, 6.07) is 3.35. The van der Waals surface area contributed by atoms with E-state index < -0.39 is 11.8 Å². The fraction of sp³-hybridized carbons (Fsp3) is 0.300. The molecule has 0 bridgehead atoms. The summed E-state index contributed by atoms with van der Waals surface area (Å²) in [5, 5.41) is 0. The maximum absolute atomic E-state index is 11.7. The van der Waals surface area contributed by atoms with Gasteiger partial charge in [0.05, 0.1) is 11.6 Å². The van der Waals surface area contributed by atoms with Crippen LogP contribution in [0.2, 0.25) is 0 Å². The van der Waals surface area contributed by atoms with Gasteiger partial charge < -0.3 is 11.5 Å².